The molecule has 0 aliphatic carbocycles. The number of hydrogen-bond acceptors (Lipinski definition) is 6. The number of ether oxygens (including phenoxy) is 2. The Hall–Kier alpha value is -1.96. The van der Waals surface area contributed by atoms with Gasteiger partial charge < -0.3 is 14.6 Å². The maximum absolute atomic E-state index is 12.2. The lowest BCUT2D eigenvalue weighted by Gasteiger charge is -2.32. The predicted molar refractivity (Wildman–Crippen MR) is 84.6 cm³/mol. The molecule has 0 aromatic carbocycles. The molecule has 0 spiro atoms. The molecule has 23 heavy (non-hydrogen) atoms. The van der Waals surface area contributed by atoms with Crippen molar-refractivity contribution in [3.8, 4) is 5.75 Å². The smallest absolute Gasteiger partial charge is 0.258 e. The lowest BCUT2D eigenvalue weighted by Crippen LogP contribution is -2.42. The van der Waals surface area contributed by atoms with Crippen molar-refractivity contribution in [1.82, 2.24) is 14.3 Å². The SMILES string of the molecule is COCC[C@@H]1CN(Cc2cc(=O)n3cccc(O)c3n2)CCO1. The van der Waals surface area contributed by atoms with Gasteiger partial charge in [0.15, 0.2) is 11.4 Å². The van der Waals surface area contributed by atoms with Crippen molar-refractivity contribution in [3.05, 3.63) is 40.4 Å². The van der Waals surface area contributed by atoms with Crippen molar-refractivity contribution >= 4 is 5.65 Å². The van der Waals surface area contributed by atoms with Gasteiger partial charge in [-0.25, -0.2) is 4.98 Å². The molecule has 0 amide bonds. The number of hydrogen-bond donors (Lipinski definition) is 1. The van der Waals surface area contributed by atoms with Crippen LogP contribution in [0.4, 0.5) is 0 Å². The van der Waals surface area contributed by atoms with Gasteiger partial charge >= 0.3 is 0 Å². The van der Waals surface area contributed by atoms with Crippen LogP contribution in [0.3, 0.4) is 0 Å². The van der Waals surface area contributed by atoms with Crippen LogP contribution in [0.15, 0.2) is 29.2 Å². The number of nitrogens with zero attached hydrogens (tertiary/aromatic N) is 3. The van der Waals surface area contributed by atoms with E-state index in [0.29, 0.717) is 31.1 Å². The van der Waals surface area contributed by atoms with Crippen molar-refractivity contribution in [3.63, 3.8) is 0 Å². The zero-order valence-electron chi connectivity index (χ0n) is 13.1. The summed E-state index contributed by atoms with van der Waals surface area (Å²) in [6.45, 7) is 3.47. The molecule has 1 aliphatic heterocycles. The third-order valence-electron chi connectivity index (χ3n) is 3.98. The average Bonchev–Trinajstić information content (AvgIpc) is 2.54. The van der Waals surface area contributed by atoms with Gasteiger partial charge in [0.25, 0.3) is 5.56 Å². The third kappa shape index (κ3) is 3.69. The van der Waals surface area contributed by atoms with Gasteiger partial charge in [-0.3, -0.25) is 14.1 Å². The van der Waals surface area contributed by atoms with E-state index in [-0.39, 0.29) is 17.4 Å². The standard InChI is InChI=1S/C16H21N3O4/c1-22-7-4-13-11-18(6-8-23-13)10-12-9-15(21)19-5-2-3-14(20)16(19)17-12/h2-3,5,9,13,20H,4,6-8,10-11H2,1H3/t13-/m1/s1. The summed E-state index contributed by atoms with van der Waals surface area (Å²) in [4.78, 5) is 18.8. The highest BCUT2D eigenvalue weighted by Crippen LogP contribution is 2.15. The molecule has 1 saturated heterocycles. The minimum atomic E-state index is -0.190. The molecule has 3 rings (SSSR count). The molecule has 124 valence electrons. The Morgan fingerprint density at radius 1 is 1.52 bits per heavy atom. The topological polar surface area (TPSA) is 76.3 Å². The molecule has 0 radical (unpaired) electrons. The number of morpholine rings is 1. The molecule has 0 saturated carbocycles. The van der Waals surface area contributed by atoms with Gasteiger partial charge in [-0.2, -0.15) is 0 Å². The fourth-order valence-corrected chi connectivity index (χ4v) is 2.82. The highest BCUT2D eigenvalue weighted by atomic mass is 16.5. The molecule has 0 bridgehead atoms. The van der Waals surface area contributed by atoms with Crippen molar-refractivity contribution in [1.29, 1.82) is 0 Å². The van der Waals surface area contributed by atoms with Gasteiger partial charge in [0.2, 0.25) is 0 Å². The number of aromatic hydroxyl groups is 1. The highest BCUT2D eigenvalue weighted by Gasteiger charge is 2.21. The van der Waals surface area contributed by atoms with Crippen molar-refractivity contribution < 1.29 is 14.6 Å². The summed E-state index contributed by atoms with van der Waals surface area (Å²) < 4.78 is 12.2. The largest absolute Gasteiger partial charge is 0.504 e. The van der Waals surface area contributed by atoms with Crippen LogP contribution in [0.25, 0.3) is 5.65 Å². The molecule has 1 aliphatic rings. The van der Waals surface area contributed by atoms with Gasteiger partial charge in [-0.05, 0) is 18.6 Å². The fraction of sp³-hybridized carbons (Fsp3) is 0.500. The number of aromatic nitrogens is 2. The first-order chi connectivity index (χ1) is 11.2. The van der Waals surface area contributed by atoms with E-state index in [9.17, 15) is 9.90 Å². The van der Waals surface area contributed by atoms with Gasteiger partial charge in [0.1, 0.15) is 0 Å². The number of pyridine rings is 1. The normalized spacial score (nSPS) is 19.3. The van der Waals surface area contributed by atoms with Crippen LogP contribution < -0.4 is 5.56 Å². The fourth-order valence-electron chi connectivity index (χ4n) is 2.82. The van der Waals surface area contributed by atoms with E-state index in [2.05, 4.69) is 9.88 Å². The molecular weight excluding hydrogens is 298 g/mol. The molecule has 0 unspecified atom stereocenters. The van der Waals surface area contributed by atoms with Crippen LogP contribution in [-0.2, 0) is 16.0 Å². The molecule has 2 aromatic heterocycles. The third-order valence-corrected chi connectivity index (χ3v) is 3.98. The average molecular weight is 319 g/mol. The first kappa shape index (κ1) is 15.9. The molecule has 7 nitrogen and oxygen atoms in total. The van der Waals surface area contributed by atoms with E-state index in [1.165, 1.54) is 16.5 Å². The summed E-state index contributed by atoms with van der Waals surface area (Å²) in [6, 6.07) is 4.67. The maximum atomic E-state index is 12.2. The van der Waals surface area contributed by atoms with Crippen LogP contribution in [-0.4, -0.2) is 58.9 Å². The van der Waals surface area contributed by atoms with E-state index in [4.69, 9.17) is 9.47 Å². The van der Waals surface area contributed by atoms with E-state index >= 15 is 0 Å². The second-order valence-corrected chi connectivity index (χ2v) is 5.68. The minimum absolute atomic E-state index is 0.00592. The monoisotopic (exact) mass is 319 g/mol. The molecular formula is C16H21N3O4. The zero-order valence-corrected chi connectivity index (χ0v) is 13.1. The number of methoxy groups -OCH3 is 1. The zero-order chi connectivity index (χ0) is 16.2. The predicted octanol–water partition coefficient (Wildman–Crippen LogP) is 0.637. The van der Waals surface area contributed by atoms with E-state index < -0.39 is 0 Å². The van der Waals surface area contributed by atoms with Gasteiger partial charge in [-0.15, -0.1) is 0 Å². The molecule has 3 heterocycles. The quantitative estimate of drug-likeness (QED) is 0.871. The van der Waals surface area contributed by atoms with Gasteiger partial charge in [0, 0.05) is 45.6 Å². The van der Waals surface area contributed by atoms with E-state index in [1.54, 1.807) is 19.4 Å². The Kier molecular flexibility index (Phi) is 4.90. The minimum Gasteiger partial charge on any atom is -0.504 e. The molecule has 1 atom stereocenters. The maximum Gasteiger partial charge on any atom is 0.258 e. The second kappa shape index (κ2) is 7.08. The van der Waals surface area contributed by atoms with Crippen LogP contribution in [0.2, 0.25) is 0 Å². The number of rotatable bonds is 5. The second-order valence-electron chi connectivity index (χ2n) is 5.68. The van der Waals surface area contributed by atoms with Crippen molar-refractivity contribution in [2.24, 2.45) is 0 Å². The summed E-state index contributed by atoms with van der Waals surface area (Å²) >= 11 is 0. The molecule has 7 heteroatoms. The Morgan fingerprint density at radius 3 is 3.22 bits per heavy atom. The summed E-state index contributed by atoms with van der Waals surface area (Å²) in [5.74, 6) is 0.00592. The Labute approximate surface area is 134 Å². The Bertz CT molecular complexity index is 731. The molecule has 2 aromatic rings. The van der Waals surface area contributed by atoms with Crippen LogP contribution in [0.5, 0.6) is 5.75 Å². The van der Waals surface area contributed by atoms with Gasteiger partial charge in [-0.1, -0.05) is 0 Å². The summed E-state index contributed by atoms with van der Waals surface area (Å²) in [7, 11) is 1.68. The lowest BCUT2D eigenvalue weighted by atomic mass is 10.2. The van der Waals surface area contributed by atoms with Crippen LogP contribution >= 0.6 is 0 Å². The van der Waals surface area contributed by atoms with Crippen molar-refractivity contribution in [2.75, 3.05) is 33.4 Å². The van der Waals surface area contributed by atoms with E-state index in [0.717, 1.165) is 19.5 Å². The highest BCUT2D eigenvalue weighted by molar-refractivity contribution is 5.52. The summed E-state index contributed by atoms with van der Waals surface area (Å²) in [5, 5.41) is 9.90. The van der Waals surface area contributed by atoms with Crippen LogP contribution in [0.1, 0.15) is 12.1 Å². The first-order valence-electron chi connectivity index (χ1n) is 7.70. The lowest BCUT2D eigenvalue weighted by molar-refractivity contribution is -0.0435. The first-order valence-corrected chi connectivity index (χ1v) is 7.70. The number of fused-ring (bicyclic) bond motifs is 1. The molecule has 1 N–H and O–H groups in total. The summed E-state index contributed by atoms with van der Waals surface area (Å²) in [6.07, 6.45) is 2.59. The molecule has 1 fully saturated rings. The Morgan fingerprint density at radius 2 is 2.39 bits per heavy atom. The van der Waals surface area contributed by atoms with Gasteiger partial charge in [0.05, 0.1) is 18.4 Å². The van der Waals surface area contributed by atoms with Crippen LogP contribution in [0, 0.1) is 0 Å². The van der Waals surface area contributed by atoms with Crippen molar-refractivity contribution in [2.45, 2.75) is 19.1 Å². The summed E-state index contributed by atoms with van der Waals surface area (Å²) in [5.41, 5.74) is 0.758. The van der Waals surface area contributed by atoms with E-state index in [1.807, 2.05) is 0 Å². The Balaban J connectivity index is 1.76.